The number of halogens is 1. The van der Waals surface area contributed by atoms with Crippen LogP contribution in [0.4, 0.5) is 4.79 Å². The molecule has 0 bridgehead atoms. The van der Waals surface area contributed by atoms with E-state index in [0.717, 1.165) is 21.3 Å². The Bertz CT molecular complexity index is 723. The van der Waals surface area contributed by atoms with Gasteiger partial charge in [0.2, 0.25) is 0 Å². The molecule has 2 aromatic rings. The van der Waals surface area contributed by atoms with Crippen LogP contribution < -0.4 is 0 Å². The van der Waals surface area contributed by atoms with Crippen molar-refractivity contribution in [1.82, 2.24) is 14.9 Å². The van der Waals surface area contributed by atoms with Gasteiger partial charge in [-0.15, -0.1) is 0 Å². The van der Waals surface area contributed by atoms with Crippen LogP contribution in [0.3, 0.4) is 0 Å². The van der Waals surface area contributed by atoms with Gasteiger partial charge in [0.05, 0.1) is 18.7 Å². The number of nitrogens with one attached hydrogen (secondary N) is 1. The summed E-state index contributed by atoms with van der Waals surface area (Å²) in [5.74, 6) is 0.722. The number of nitrogens with zero attached hydrogens (tertiary/aromatic N) is 2. The normalized spacial score (nSPS) is 19.1. The van der Waals surface area contributed by atoms with Gasteiger partial charge in [-0.2, -0.15) is 0 Å². The van der Waals surface area contributed by atoms with E-state index < -0.39 is 5.60 Å². The molecule has 2 heterocycles. The second-order valence-electron chi connectivity index (χ2n) is 6.54. The second-order valence-corrected chi connectivity index (χ2v) is 7.40. The third kappa shape index (κ3) is 3.67. The lowest BCUT2D eigenvalue weighted by Crippen LogP contribution is -2.44. The standard InChI is InChI=1S/C16H20BrN3O3/c1-16(2,3)23-15(21)20-7-8-22-12(9-20)14-18-11-6-4-5-10(17)13(11)19-14/h4-6,12H,7-9H2,1-3H3,(H,18,19). The molecule has 0 saturated carbocycles. The number of para-hydroxylation sites is 1. The number of aromatic amines is 1. The van der Waals surface area contributed by atoms with Crippen molar-refractivity contribution in [2.75, 3.05) is 19.7 Å². The molecule has 1 fully saturated rings. The van der Waals surface area contributed by atoms with Gasteiger partial charge in [0, 0.05) is 11.0 Å². The van der Waals surface area contributed by atoms with Gasteiger partial charge in [-0.1, -0.05) is 6.07 Å². The Labute approximate surface area is 143 Å². The van der Waals surface area contributed by atoms with Crippen molar-refractivity contribution in [2.24, 2.45) is 0 Å². The van der Waals surface area contributed by atoms with Gasteiger partial charge in [-0.3, -0.25) is 0 Å². The van der Waals surface area contributed by atoms with Crippen LogP contribution in [0, 0.1) is 0 Å². The van der Waals surface area contributed by atoms with E-state index in [1.807, 2.05) is 39.0 Å². The molecule has 124 valence electrons. The summed E-state index contributed by atoms with van der Waals surface area (Å²) in [6.07, 6.45) is -0.598. The molecule has 1 unspecified atom stereocenters. The smallest absolute Gasteiger partial charge is 0.410 e. The first-order valence-electron chi connectivity index (χ1n) is 7.57. The molecule has 1 aromatic heterocycles. The van der Waals surface area contributed by atoms with Gasteiger partial charge in [-0.05, 0) is 48.8 Å². The summed E-state index contributed by atoms with van der Waals surface area (Å²) in [7, 11) is 0. The Morgan fingerprint density at radius 1 is 1.48 bits per heavy atom. The van der Waals surface area contributed by atoms with Crippen LogP contribution in [-0.2, 0) is 9.47 Å². The number of aromatic nitrogens is 2. The van der Waals surface area contributed by atoms with Crippen molar-refractivity contribution >= 4 is 33.1 Å². The van der Waals surface area contributed by atoms with Gasteiger partial charge in [-0.25, -0.2) is 9.78 Å². The molecule has 0 aliphatic carbocycles. The summed E-state index contributed by atoms with van der Waals surface area (Å²) in [5.41, 5.74) is 1.29. The number of carbonyl (C=O) groups excluding carboxylic acids is 1. The number of amides is 1. The van der Waals surface area contributed by atoms with E-state index in [1.165, 1.54) is 0 Å². The number of carbonyl (C=O) groups is 1. The zero-order valence-electron chi connectivity index (χ0n) is 13.4. The average Bonchev–Trinajstić information content (AvgIpc) is 2.91. The molecule has 1 atom stereocenters. The number of rotatable bonds is 1. The van der Waals surface area contributed by atoms with E-state index in [2.05, 4.69) is 25.9 Å². The Morgan fingerprint density at radius 3 is 2.96 bits per heavy atom. The van der Waals surface area contributed by atoms with Crippen molar-refractivity contribution in [3.05, 3.63) is 28.5 Å². The molecule has 0 spiro atoms. The summed E-state index contributed by atoms with van der Waals surface area (Å²) in [6.45, 7) is 6.99. The molecule has 1 N–H and O–H groups in total. The lowest BCUT2D eigenvalue weighted by molar-refractivity contribution is -0.0458. The maximum absolute atomic E-state index is 12.2. The van der Waals surface area contributed by atoms with Gasteiger partial charge in [0.15, 0.2) is 0 Å². The van der Waals surface area contributed by atoms with E-state index >= 15 is 0 Å². The van der Waals surface area contributed by atoms with E-state index in [0.29, 0.717) is 19.7 Å². The van der Waals surface area contributed by atoms with Crippen LogP contribution in [0.15, 0.2) is 22.7 Å². The van der Waals surface area contributed by atoms with Crippen LogP contribution in [0.5, 0.6) is 0 Å². The van der Waals surface area contributed by atoms with Crippen molar-refractivity contribution in [3.8, 4) is 0 Å². The monoisotopic (exact) mass is 381 g/mol. The summed E-state index contributed by atoms with van der Waals surface area (Å²) >= 11 is 3.49. The third-order valence-electron chi connectivity index (χ3n) is 3.50. The summed E-state index contributed by atoms with van der Waals surface area (Å²) < 4.78 is 12.1. The van der Waals surface area contributed by atoms with Crippen molar-refractivity contribution in [3.63, 3.8) is 0 Å². The quantitative estimate of drug-likeness (QED) is 0.818. The number of imidazole rings is 1. The average molecular weight is 382 g/mol. The molecule has 23 heavy (non-hydrogen) atoms. The van der Waals surface area contributed by atoms with E-state index in [9.17, 15) is 4.79 Å². The number of fused-ring (bicyclic) bond motifs is 1. The maximum atomic E-state index is 12.2. The topological polar surface area (TPSA) is 67.4 Å². The summed E-state index contributed by atoms with van der Waals surface area (Å²) in [5, 5.41) is 0. The number of benzene rings is 1. The molecular formula is C16H20BrN3O3. The minimum absolute atomic E-state index is 0.282. The van der Waals surface area contributed by atoms with E-state index in [-0.39, 0.29) is 12.2 Å². The highest BCUT2D eigenvalue weighted by molar-refractivity contribution is 9.10. The zero-order chi connectivity index (χ0) is 16.6. The van der Waals surface area contributed by atoms with Crippen LogP contribution in [0.25, 0.3) is 11.0 Å². The largest absolute Gasteiger partial charge is 0.444 e. The number of H-pyrrole nitrogens is 1. The lowest BCUT2D eigenvalue weighted by Gasteiger charge is -2.33. The van der Waals surface area contributed by atoms with Crippen molar-refractivity contribution in [2.45, 2.75) is 32.5 Å². The Morgan fingerprint density at radius 2 is 2.26 bits per heavy atom. The zero-order valence-corrected chi connectivity index (χ0v) is 15.0. The molecule has 0 radical (unpaired) electrons. The van der Waals surface area contributed by atoms with Crippen LogP contribution in [-0.4, -0.2) is 46.3 Å². The minimum Gasteiger partial charge on any atom is -0.444 e. The van der Waals surface area contributed by atoms with Crippen LogP contribution in [0.2, 0.25) is 0 Å². The van der Waals surface area contributed by atoms with Gasteiger partial charge in [0.25, 0.3) is 0 Å². The van der Waals surface area contributed by atoms with Gasteiger partial charge >= 0.3 is 6.09 Å². The molecule has 1 aliphatic heterocycles. The first-order valence-corrected chi connectivity index (χ1v) is 8.36. The number of morpholine rings is 1. The highest BCUT2D eigenvalue weighted by Crippen LogP contribution is 2.27. The predicted molar refractivity (Wildman–Crippen MR) is 90.3 cm³/mol. The number of hydrogen-bond donors (Lipinski definition) is 1. The molecule has 1 aromatic carbocycles. The fourth-order valence-corrected chi connectivity index (χ4v) is 2.93. The second kappa shape index (κ2) is 6.13. The number of hydrogen-bond acceptors (Lipinski definition) is 4. The molecule has 7 heteroatoms. The predicted octanol–water partition coefficient (Wildman–Crippen LogP) is 3.63. The SMILES string of the molecule is CC(C)(C)OC(=O)N1CCOC(c2nc3c(Br)cccc3[nH]2)C1. The molecular weight excluding hydrogens is 362 g/mol. The van der Waals surface area contributed by atoms with Crippen molar-refractivity contribution in [1.29, 1.82) is 0 Å². The summed E-state index contributed by atoms with van der Waals surface area (Å²) in [4.78, 5) is 21.8. The molecule has 3 rings (SSSR count). The lowest BCUT2D eigenvalue weighted by atomic mass is 10.2. The maximum Gasteiger partial charge on any atom is 0.410 e. The van der Waals surface area contributed by atoms with Crippen molar-refractivity contribution < 1.29 is 14.3 Å². The minimum atomic E-state index is -0.505. The first-order chi connectivity index (χ1) is 10.8. The molecule has 6 nitrogen and oxygen atoms in total. The molecule has 1 aliphatic rings. The van der Waals surface area contributed by atoms with Gasteiger partial charge < -0.3 is 19.4 Å². The fraction of sp³-hybridized carbons (Fsp3) is 0.500. The van der Waals surface area contributed by atoms with Crippen LogP contribution >= 0.6 is 15.9 Å². The third-order valence-corrected chi connectivity index (χ3v) is 4.14. The molecule has 1 saturated heterocycles. The number of ether oxygens (including phenoxy) is 2. The fourth-order valence-electron chi connectivity index (χ4n) is 2.48. The van der Waals surface area contributed by atoms with Gasteiger partial charge in [0.1, 0.15) is 23.0 Å². The highest BCUT2D eigenvalue weighted by atomic mass is 79.9. The highest BCUT2D eigenvalue weighted by Gasteiger charge is 2.30. The Hall–Kier alpha value is -1.60. The Balaban J connectivity index is 1.77. The summed E-state index contributed by atoms with van der Waals surface area (Å²) in [6, 6.07) is 5.86. The molecule has 1 amide bonds. The van der Waals surface area contributed by atoms with E-state index in [4.69, 9.17) is 9.47 Å². The van der Waals surface area contributed by atoms with E-state index in [1.54, 1.807) is 4.90 Å². The Kier molecular flexibility index (Phi) is 4.33. The van der Waals surface area contributed by atoms with Crippen LogP contribution in [0.1, 0.15) is 32.7 Å². The first kappa shape index (κ1) is 16.3.